The minimum Gasteiger partial charge on any atom is -0.398 e. The van der Waals surface area contributed by atoms with E-state index in [0.29, 0.717) is 24.3 Å². The molecule has 1 amide bonds. The minimum atomic E-state index is -0.148. The third kappa shape index (κ3) is 3.31. The van der Waals surface area contributed by atoms with E-state index in [4.69, 9.17) is 5.73 Å². The predicted molar refractivity (Wildman–Crippen MR) is 75.6 cm³/mol. The molecule has 1 heterocycles. The summed E-state index contributed by atoms with van der Waals surface area (Å²) in [6.07, 6.45) is 3.34. The van der Waals surface area contributed by atoms with E-state index in [-0.39, 0.29) is 5.91 Å². The van der Waals surface area contributed by atoms with Crippen molar-refractivity contribution in [3.05, 3.63) is 40.1 Å². The van der Waals surface area contributed by atoms with Crippen LogP contribution in [0, 0.1) is 6.92 Å². The Labute approximate surface area is 119 Å². The van der Waals surface area contributed by atoms with E-state index < -0.39 is 0 Å². The maximum atomic E-state index is 12.1. The van der Waals surface area contributed by atoms with E-state index in [1.807, 2.05) is 6.92 Å². The fraction of sp³-hybridized carbons (Fsp3) is 0.250. The number of nitrogens with two attached hydrogens (primary N) is 1. The van der Waals surface area contributed by atoms with Gasteiger partial charge in [-0.25, -0.2) is 0 Å². The van der Waals surface area contributed by atoms with Gasteiger partial charge in [-0.2, -0.15) is 0 Å². The van der Waals surface area contributed by atoms with Crippen molar-refractivity contribution in [2.75, 3.05) is 12.3 Å². The summed E-state index contributed by atoms with van der Waals surface area (Å²) in [5.74, 6) is -0.148. The number of nitrogen functional groups attached to an aromatic ring is 1. The minimum absolute atomic E-state index is 0.148. The number of carbonyl (C=O) groups excluding carboxylic acids is 1. The average Bonchev–Trinajstić information content (AvgIpc) is 2.86. The largest absolute Gasteiger partial charge is 0.398 e. The fourth-order valence-corrected chi connectivity index (χ4v) is 2.14. The quantitative estimate of drug-likeness (QED) is 0.832. The zero-order chi connectivity index (χ0) is 13.8. The third-order valence-electron chi connectivity index (χ3n) is 2.76. The number of nitrogens with one attached hydrogen (secondary N) is 1. The van der Waals surface area contributed by atoms with Crippen molar-refractivity contribution in [3.63, 3.8) is 0 Å². The van der Waals surface area contributed by atoms with Gasteiger partial charge in [0.25, 0.3) is 5.91 Å². The molecule has 0 aliphatic rings. The van der Waals surface area contributed by atoms with E-state index in [1.54, 1.807) is 29.2 Å². The lowest BCUT2D eigenvalue weighted by atomic mass is 10.1. The van der Waals surface area contributed by atoms with Gasteiger partial charge in [-0.3, -0.25) is 9.48 Å². The Bertz CT molecular complexity index is 582. The maximum Gasteiger partial charge on any atom is 0.251 e. The van der Waals surface area contributed by atoms with Crippen molar-refractivity contribution in [1.29, 1.82) is 0 Å². The molecular weight excluding hydrogens is 310 g/mol. The molecule has 0 spiro atoms. The van der Waals surface area contributed by atoms with Crippen molar-refractivity contribution < 1.29 is 4.79 Å². The second kappa shape index (κ2) is 5.83. The Balaban J connectivity index is 2.00. The monoisotopic (exact) mass is 323 g/mol. The molecule has 7 heteroatoms. The molecule has 0 radical (unpaired) electrons. The van der Waals surface area contributed by atoms with Gasteiger partial charge in [-0.05, 0) is 24.6 Å². The number of rotatable bonds is 4. The van der Waals surface area contributed by atoms with E-state index in [0.717, 1.165) is 10.0 Å². The molecule has 0 saturated heterocycles. The zero-order valence-corrected chi connectivity index (χ0v) is 12.0. The van der Waals surface area contributed by atoms with Crippen molar-refractivity contribution in [2.45, 2.75) is 13.5 Å². The van der Waals surface area contributed by atoms with Crippen LogP contribution in [0.1, 0.15) is 15.9 Å². The summed E-state index contributed by atoms with van der Waals surface area (Å²) in [6.45, 7) is 2.89. The molecule has 0 fully saturated rings. The lowest BCUT2D eigenvalue weighted by Gasteiger charge is -2.10. The number of amides is 1. The number of hydrogen-bond donors (Lipinski definition) is 2. The van der Waals surface area contributed by atoms with Crippen molar-refractivity contribution >= 4 is 27.5 Å². The second-order valence-electron chi connectivity index (χ2n) is 4.09. The van der Waals surface area contributed by atoms with Crippen LogP contribution >= 0.6 is 15.9 Å². The third-order valence-corrected chi connectivity index (χ3v) is 3.21. The molecule has 1 aromatic carbocycles. The summed E-state index contributed by atoms with van der Waals surface area (Å²) in [5.41, 5.74) is 7.78. The van der Waals surface area contributed by atoms with E-state index in [2.05, 4.69) is 31.6 Å². The summed E-state index contributed by atoms with van der Waals surface area (Å²) >= 11 is 3.33. The lowest BCUT2D eigenvalue weighted by Crippen LogP contribution is -2.28. The van der Waals surface area contributed by atoms with Crippen LogP contribution in [0.5, 0.6) is 0 Å². The number of aromatic nitrogens is 3. The van der Waals surface area contributed by atoms with Crippen LogP contribution in [0.4, 0.5) is 5.69 Å². The van der Waals surface area contributed by atoms with Gasteiger partial charge in [-0.1, -0.05) is 21.1 Å². The summed E-state index contributed by atoms with van der Waals surface area (Å²) in [6, 6.07) is 3.54. The van der Waals surface area contributed by atoms with Gasteiger partial charge in [0, 0.05) is 28.5 Å². The topological polar surface area (TPSA) is 85.8 Å². The highest BCUT2D eigenvalue weighted by molar-refractivity contribution is 9.10. The predicted octanol–water partition coefficient (Wildman–Crippen LogP) is 1.36. The molecule has 6 nitrogen and oxygen atoms in total. The Morgan fingerprint density at radius 2 is 2.32 bits per heavy atom. The average molecular weight is 324 g/mol. The molecule has 19 heavy (non-hydrogen) atoms. The maximum absolute atomic E-state index is 12.1. The van der Waals surface area contributed by atoms with E-state index in [1.165, 1.54) is 0 Å². The van der Waals surface area contributed by atoms with Gasteiger partial charge >= 0.3 is 0 Å². The molecule has 2 rings (SSSR count). The fourth-order valence-electron chi connectivity index (χ4n) is 1.67. The van der Waals surface area contributed by atoms with Crippen LogP contribution in [0.15, 0.2) is 29.0 Å². The zero-order valence-electron chi connectivity index (χ0n) is 10.4. The first kappa shape index (κ1) is 13.5. The van der Waals surface area contributed by atoms with Crippen molar-refractivity contribution in [3.8, 4) is 0 Å². The summed E-state index contributed by atoms with van der Waals surface area (Å²) < 4.78 is 2.44. The molecule has 1 aromatic heterocycles. The summed E-state index contributed by atoms with van der Waals surface area (Å²) in [4.78, 5) is 12.1. The van der Waals surface area contributed by atoms with Gasteiger partial charge in [0.2, 0.25) is 0 Å². The van der Waals surface area contributed by atoms with Crippen LogP contribution in [-0.4, -0.2) is 27.4 Å². The molecule has 3 N–H and O–H groups in total. The van der Waals surface area contributed by atoms with Crippen LogP contribution in [0.25, 0.3) is 0 Å². The normalized spacial score (nSPS) is 10.4. The molecular formula is C12H14BrN5O. The lowest BCUT2D eigenvalue weighted by molar-refractivity contribution is 0.0951. The Hall–Kier alpha value is -1.89. The number of benzene rings is 1. The highest BCUT2D eigenvalue weighted by atomic mass is 79.9. The van der Waals surface area contributed by atoms with Crippen molar-refractivity contribution in [2.24, 2.45) is 0 Å². The molecule has 0 atom stereocenters. The van der Waals surface area contributed by atoms with E-state index in [9.17, 15) is 4.79 Å². The van der Waals surface area contributed by atoms with Crippen LogP contribution in [0.2, 0.25) is 0 Å². The smallest absolute Gasteiger partial charge is 0.251 e. The Kier molecular flexibility index (Phi) is 4.16. The number of hydrogen-bond acceptors (Lipinski definition) is 4. The second-order valence-corrected chi connectivity index (χ2v) is 5.01. The molecule has 0 bridgehead atoms. The SMILES string of the molecule is Cc1c(N)cc(Br)cc1C(=O)NCCn1ccnn1. The van der Waals surface area contributed by atoms with Gasteiger partial charge in [0.15, 0.2) is 0 Å². The summed E-state index contributed by atoms with van der Waals surface area (Å²) in [5, 5.41) is 10.3. The molecule has 2 aromatic rings. The number of carbonyl (C=O) groups is 1. The highest BCUT2D eigenvalue weighted by Crippen LogP contribution is 2.22. The van der Waals surface area contributed by atoms with Crippen LogP contribution in [-0.2, 0) is 6.54 Å². The molecule has 0 aliphatic heterocycles. The first-order valence-electron chi connectivity index (χ1n) is 5.76. The van der Waals surface area contributed by atoms with Crippen LogP contribution in [0.3, 0.4) is 0 Å². The van der Waals surface area contributed by atoms with Gasteiger partial charge < -0.3 is 11.1 Å². The summed E-state index contributed by atoms with van der Waals surface area (Å²) in [7, 11) is 0. The highest BCUT2D eigenvalue weighted by Gasteiger charge is 2.11. The Morgan fingerprint density at radius 3 is 3.00 bits per heavy atom. The van der Waals surface area contributed by atoms with Gasteiger partial charge in [0.1, 0.15) is 0 Å². The van der Waals surface area contributed by atoms with E-state index >= 15 is 0 Å². The first-order valence-corrected chi connectivity index (χ1v) is 6.55. The number of anilines is 1. The Morgan fingerprint density at radius 1 is 1.53 bits per heavy atom. The molecule has 0 aliphatic carbocycles. The molecule has 0 saturated carbocycles. The first-order chi connectivity index (χ1) is 9.08. The van der Waals surface area contributed by atoms with Gasteiger partial charge in [0.05, 0.1) is 12.7 Å². The van der Waals surface area contributed by atoms with Gasteiger partial charge in [-0.15, -0.1) is 5.10 Å². The molecule has 100 valence electrons. The van der Waals surface area contributed by atoms with Crippen LogP contribution < -0.4 is 11.1 Å². The number of halogens is 1. The van der Waals surface area contributed by atoms with Crippen molar-refractivity contribution in [1.82, 2.24) is 20.3 Å². The molecule has 0 unspecified atom stereocenters. The standard InChI is InChI=1S/C12H14BrN5O/c1-8-10(6-9(13)7-11(8)14)12(19)15-2-4-18-5-3-16-17-18/h3,5-7H,2,4,14H2,1H3,(H,15,19). The number of nitrogens with zero attached hydrogens (tertiary/aromatic N) is 3.